The van der Waals surface area contributed by atoms with Gasteiger partial charge in [-0.05, 0) is 37.1 Å². The third kappa shape index (κ3) is 5.95. The van der Waals surface area contributed by atoms with Gasteiger partial charge in [0.05, 0.1) is 17.0 Å². The molecule has 0 unspecified atom stereocenters. The van der Waals surface area contributed by atoms with Gasteiger partial charge < -0.3 is 15.0 Å². The largest absolute Gasteiger partial charge is 0.452 e. The Morgan fingerprint density at radius 2 is 1.90 bits per heavy atom. The van der Waals surface area contributed by atoms with Gasteiger partial charge in [0.1, 0.15) is 0 Å². The number of carbonyl (C=O) groups excluding carboxylic acids is 3. The molecule has 2 amide bonds. The Hall–Kier alpha value is -2.58. The molecule has 3 rings (SSSR count). The number of nitrogens with zero attached hydrogens (tertiary/aromatic N) is 2. The summed E-state index contributed by atoms with van der Waals surface area (Å²) in [5.74, 6) is -0.843. The zero-order chi connectivity index (χ0) is 20.6. The molecule has 0 saturated carbocycles. The number of amides is 2. The van der Waals surface area contributed by atoms with Crippen LogP contribution in [0.25, 0.3) is 0 Å². The number of halogens is 1. The number of ether oxygens (including phenoxy) is 1. The topological polar surface area (TPSA) is 88.6 Å². The van der Waals surface area contributed by atoms with E-state index in [1.165, 1.54) is 18.0 Å². The van der Waals surface area contributed by atoms with Gasteiger partial charge in [-0.15, -0.1) is 11.8 Å². The lowest BCUT2D eigenvalue weighted by Gasteiger charge is -2.15. The average molecular weight is 434 g/mol. The van der Waals surface area contributed by atoms with Crippen LogP contribution in [0.15, 0.2) is 47.5 Å². The molecule has 1 fully saturated rings. The minimum atomic E-state index is -0.630. The fourth-order valence-electron chi connectivity index (χ4n) is 2.83. The number of nitrogens with one attached hydrogen (secondary N) is 1. The van der Waals surface area contributed by atoms with E-state index in [0.717, 1.165) is 25.9 Å². The first-order chi connectivity index (χ1) is 14.0. The first-order valence-electron chi connectivity index (χ1n) is 9.11. The Morgan fingerprint density at radius 1 is 1.14 bits per heavy atom. The Morgan fingerprint density at radius 3 is 2.66 bits per heavy atom. The van der Waals surface area contributed by atoms with Gasteiger partial charge in [-0.2, -0.15) is 0 Å². The summed E-state index contributed by atoms with van der Waals surface area (Å²) in [7, 11) is 0. The van der Waals surface area contributed by atoms with Crippen molar-refractivity contribution in [2.24, 2.45) is 0 Å². The van der Waals surface area contributed by atoms with Crippen LogP contribution in [-0.4, -0.2) is 53.1 Å². The standard InChI is InChI=1S/C20H20ClN3O4S/c21-19-15(7-5-9-22-19)23-17(25)12-28-20(27)14-6-1-2-8-16(14)29-13-18(26)24-10-3-4-11-24/h1-2,5-9H,3-4,10-13H2,(H,23,25). The van der Waals surface area contributed by atoms with Crippen molar-refractivity contribution in [1.82, 2.24) is 9.88 Å². The van der Waals surface area contributed by atoms with Gasteiger partial charge in [0, 0.05) is 24.2 Å². The molecule has 0 radical (unpaired) electrons. The van der Waals surface area contributed by atoms with Crippen LogP contribution >= 0.6 is 23.4 Å². The molecule has 1 aliphatic heterocycles. The van der Waals surface area contributed by atoms with Gasteiger partial charge in [0.25, 0.3) is 5.91 Å². The van der Waals surface area contributed by atoms with E-state index in [0.29, 0.717) is 16.1 Å². The summed E-state index contributed by atoms with van der Waals surface area (Å²) in [4.78, 5) is 43.0. The second-order valence-electron chi connectivity index (χ2n) is 6.34. The number of benzene rings is 1. The van der Waals surface area contributed by atoms with Crippen molar-refractivity contribution in [2.45, 2.75) is 17.7 Å². The van der Waals surface area contributed by atoms with Crippen LogP contribution in [0, 0.1) is 0 Å². The van der Waals surface area contributed by atoms with Crippen LogP contribution in [-0.2, 0) is 14.3 Å². The van der Waals surface area contributed by atoms with E-state index in [1.807, 2.05) is 4.90 Å². The number of anilines is 1. The Kier molecular flexibility index (Phi) is 7.48. The molecule has 1 aromatic heterocycles. The molecule has 0 spiro atoms. The van der Waals surface area contributed by atoms with E-state index in [-0.39, 0.29) is 16.8 Å². The van der Waals surface area contributed by atoms with E-state index in [2.05, 4.69) is 10.3 Å². The highest BCUT2D eigenvalue weighted by Gasteiger charge is 2.20. The number of carbonyl (C=O) groups is 3. The van der Waals surface area contributed by atoms with E-state index < -0.39 is 18.5 Å². The second kappa shape index (κ2) is 10.3. The number of hydrogen-bond donors (Lipinski definition) is 1. The summed E-state index contributed by atoms with van der Waals surface area (Å²) in [5, 5.41) is 2.69. The fourth-order valence-corrected chi connectivity index (χ4v) is 3.94. The molecule has 29 heavy (non-hydrogen) atoms. The predicted octanol–water partition coefficient (Wildman–Crippen LogP) is 3.25. The lowest BCUT2D eigenvalue weighted by atomic mass is 10.2. The normalized spacial score (nSPS) is 13.2. The maximum absolute atomic E-state index is 12.4. The summed E-state index contributed by atoms with van der Waals surface area (Å²) < 4.78 is 5.13. The number of thioether (sulfide) groups is 1. The number of pyridine rings is 1. The number of hydrogen-bond acceptors (Lipinski definition) is 6. The van der Waals surface area contributed by atoms with Crippen molar-refractivity contribution in [3.63, 3.8) is 0 Å². The molecule has 9 heteroatoms. The fraction of sp³-hybridized carbons (Fsp3) is 0.300. The molecule has 7 nitrogen and oxygen atoms in total. The first kappa shape index (κ1) is 21.1. The van der Waals surface area contributed by atoms with Crippen molar-refractivity contribution in [3.05, 3.63) is 53.3 Å². The minimum Gasteiger partial charge on any atom is -0.452 e. The molecule has 1 aliphatic rings. The van der Waals surface area contributed by atoms with E-state index in [1.54, 1.807) is 36.4 Å². The molecule has 1 N–H and O–H groups in total. The van der Waals surface area contributed by atoms with Gasteiger partial charge in [-0.25, -0.2) is 9.78 Å². The van der Waals surface area contributed by atoms with E-state index in [4.69, 9.17) is 16.3 Å². The van der Waals surface area contributed by atoms with Gasteiger partial charge in [0.15, 0.2) is 11.8 Å². The van der Waals surface area contributed by atoms with Crippen molar-refractivity contribution >= 4 is 46.8 Å². The molecular formula is C20H20ClN3O4S. The van der Waals surface area contributed by atoms with Crippen molar-refractivity contribution in [3.8, 4) is 0 Å². The van der Waals surface area contributed by atoms with Crippen molar-refractivity contribution in [2.75, 3.05) is 30.8 Å². The predicted molar refractivity (Wildman–Crippen MR) is 111 cm³/mol. The van der Waals surface area contributed by atoms with Crippen molar-refractivity contribution < 1.29 is 19.1 Å². The third-order valence-electron chi connectivity index (χ3n) is 4.28. The van der Waals surface area contributed by atoms with E-state index >= 15 is 0 Å². The summed E-state index contributed by atoms with van der Waals surface area (Å²) in [5.41, 5.74) is 0.658. The van der Waals surface area contributed by atoms with Crippen LogP contribution in [0.1, 0.15) is 23.2 Å². The number of likely N-dealkylation sites (tertiary alicyclic amines) is 1. The lowest BCUT2D eigenvalue weighted by molar-refractivity contribution is -0.127. The quantitative estimate of drug-likeness (QED) is 0.409. The highest BCUT2D eigenvalue weighted by Crippen LogP contribution is 2.24. The van der Waals surface area contributed by atoms with Gasteiger partial charge in [-0.3, -0.25) is 9.59 Å². The van der Waals surface area contributed by atoms with Crippen LogP contribution in [0.4, 0.5) is 5.69 Å². The smallest absolute Gasteiger partial charge is 0.339 e. The Balaban J connectivity index is 1.54. The minimum absolute atomic E-state index is 0.0587. The monoisotopic (exact) mass is 433 g/mol. The molecule has 0 bridgehead atoms. The van der Waals surface area contributed by atoms with Crippen LogP contribution in [0.5, 0.6) is 0 Å². The number of aromatic nitrogens is 1. The molecule has 152 valence electrons. The van der Waals surface area contributed by atoms with Crippen molar-refractivity contribution in [1.29, 1.82) is 0 Å². The summed E-state index contributed by atoms with van der Waals surface area (Å²) >= 11 is 7.18. The second-order valence-corrected chi connectivity index (χ2v) is 7.71. The lowest BCUT2D eigenvalue weighted by Crippen LogP contribution is -2.29. The summed E-state index contributed by atoms with van der Waals surface area (Å²) in [6.07, 6.45) is 3.57. The van der Waals surface area contributed by atoms with Gasteiger partial charge >= 0.3 is 5.97 Å². The molecular weight excluding hydrogens is 414 g/mol. The highest BCUT2D eigenvalue weighted by molar-refractivity contribution is 8.00. The van der Waals surface area contributed by atoms with E-state index in [9.17, 15) is 14.4 Å². The molecule has 0 aliphatic carbocycles. The Bertz CT molecular complexity index is 903. The highest BCUT2D eigenvalue weighted by atomic mass is 35.5. The molecule has 2 aromatic rings. The molecule has 1 saturated heterocycles. The SMILES string of the molecule is O=C(COC(=O)c1ccccc1SCC(=O)N1CCCC1)Nc1cccnc1Cl. The van der Waals surface area contributed by atoms with Gasteiger partial charge in [-0.1, -0.05) is 23.7 Å². The van der Waals surface area contributed by atoms with Crippen LogP contribution in [0.3, 0.4) is 0 Å². The zero-order valence-electron chi connectivity index (χ0n) is 15.6. The number of esters is 1. The maximum atomic E-state index is 12.4. The summed E-state index contributed by atoms with van der Waals surface area (Å²) in [6.45, 7) is 1.12. The van der Waals surface area contributed by atoms with Crippen LogP contribution < -0.4 is 5.32 Å². The Labute approximate surface area is 177 Å². The molecule has 1 aromatic carbocycles. The average Bonchev–Trinajstić information content (AvgIpc) is 3.27. The van der Waals surface area contributed by atoms with Gasteiger partial charge in [0.2, 0.25) is 5.91 Å². The zero-order valence-corrected chi connectivity index (χ0v) is 17.2. The maximum Gasteiger partial charge on any atom is 0.339 e. The summed E-state index contributed by atoms with van der Waals surface area (Å²) in [6, 6.07) is 10.1. The number of rotatable bonds is 7. The third-order valence-corrected chi connectivity index (χ3v) is 5.64. The molecule has 0 atom stereocenters. The van der Waals surface area contributed by atoms with Crippen LogP contribution in [0.2, 0.25) is 5.15 Å². The first-order valence-corrected chi connectivity index (χ1v) is 10.5. The molecule has 2 heterocycles.